The number of aliphatic hydroxyl groups is 1. The van der Waals surface area contributed by atoms with E-state index in [1.165, 1.54) is 17.7 Å². The monoisotopic (exact) mass is 368 g/mol. The molecule has 1 N–H and O–H groups in total. The van der Waals surface area contributed by atoms with Crippen molar-refractivity contribution in [2.24, 2.45) is 0 Å². The molecule has 0 saturated heterocycles. The summed E-state index contributed by atoms with van der Waals surface area (Å²) in [6, 6.07) is 3.59. The number of hydrogen-bond acceptors (Lipinski definition) is 7. The fourth-order valence-electron chi connectivity index (χ4n) is 3.02. The third-order valence-electron chi connectivity index (χ3n) is 4.52. The summed E-state index contributed by atoms with van der Waals surface area (Å²) in [7, 11) is 1.57. The van der Waals surface area contributed by atoms with Gasteiger partial charge >= 0.3 is 0 Å². The maximum atomic E-state index is 11.0. The van der Waals surface area contributed by atoms with E-state index in [1.807, 2.05) is 16.7 Å². The maximum absolute atomic E-state index is 11.0. The molecule has 0 radical (unpaired) electrons. The molecule has 4 aromatic rings. The summed E-state index contributed by atoms with van der Waals surface area (Å²) in [6.07, 6.45) is 8.43. The zero-order valence-corrected chi connectivity index (χ0v) is 14.8. The number of pyridine rings is 1. The Balaban J connectivity index is 1.51. The third-order valence-corrected chi connectivity index (χ3v) is 5.80. The zero-order chi connectivity index (χ0) is 17.7. The van der Waals surface area contributed by atoms with E-state index in [0.29, 0.717) is 17.5 Å². The molecule has 8 nitrogen and oxygen atoms in total. The van der Waals surface area contributed by atoms with Gasteiger partial charge in [0, 0.05) is 10.9 Å². The first-order chi connectivity index (χ1) is 12.7. The van der Waals surface area contributed by atoms with Gasteiger partial charge in [0.15, 0.2) is 0 Å². The van der Waals surface area contributed by atoms with Crippen LogP contribution in [0, 0.1) is 0 Å². The number of fused-ring (bicyclic) bond motifs is 1. The molecule has 0 spiro atoms. The molecular formula is C17H16N6O2S. The largest absolute Gasteiger partial charge is 0.481 e. The molecule has 9 heteroatoms. The molecule has 26 heavy (non-hydrogen) atoms. The van der Waals surface area contributed by atoms with Gasteiger partial charge in [-0.1, -0.05) is 5.21 Å². The fourth-order valence-corrected chi connectivity index (χ4v) is 4.32. The van der Waals surface area contributed by atoms with Crippen LogP contribution in [-0.2, 0) is 0 Å². The van der Waals surface area contributed by atoms with Crippen LogP contribution in [0.15, 0.2) is 37.1 Å². The summed E-state index contributed by atoms with van der Waals surface area (Å²) in [4.78, 5) is 10.6. The molecule has 1 saturated carbocycles. The molecule has 0 aliphatic heterocycles. The molecule has 0 aromatic carbocycles. The van der Waals surface area contributed by atoms with E-state index in [0.717, 1.165) is 16.2 Å². The van der Waals surface area contributed by atoms with Gasteiger partial charge in [-0.15, -0.1) is 16.4 Å². The van der Waals surface area contributed by atoms with Crippen LogP contribution < -0.4 is 4.74 Å². The highest BCUT2D eigenvalue weighted by molar-refractivity contribution is 7.17. The lowest BCUT2D eigenvalue weighted by atomic mass is 10.1. The summed E-state index contributed by atoms with van der Waals surface area (Å²) < 4.78 is 8.62. The van der Waals surface area contributed by atoms with Gasteiger partial charge < -0.3 is 9.84 Å². The van der Waals surface area contributed by atoms with Gasteiger partial charge in [-0.25, -0.2) is 14.6 Å². The maximum Gasteiger partial charge on any atom is 0.213 e. The zero-order valence-electron chi connectivity index (χ0n) is 14.0. The van der Waals surface area contributed by atoms with Crippen molar-refractivity contribution >= 4 is 16.2 Å². The van der Waals surface area contributed by atoms with Crippen LogP contribution in [-0.4, -0.2) is 41.6 Å². The number of nitrogens with zero attached hydrogens (tertiary/aromatic N) is 6. The van der Waals surface area contributed by atoms with Crippen molar-refractivity contribution in [2.75, 3.05) is 7.11 Å². The Morgan fingerprint density at radius 2 is 2.19 bits per heavy atom. The van der Waals surface area contributed by atoms with Gasteiger partial charge in [0.1, 0.15) is 23.0 Å². The first kappa shape index (κ1) is 15.5. The molecule has 0 amide bonds. The van der Waals surface area contributed by atoms with E-state index in [1.54, 1.807) is 47.9 Å². The van der Waals surface area contributed by atoms with Gasteiger partial charge in [0.05, 0.1) is 37.1 Å². The Bertz CT molecular complexity index is 1060. The standard InChI is InChI=1S/C17H16N6O2S/c1-25-13-5-4-11(6-19-13)23-8-12(20-21-23)16(24)15-17(10-2-3-10)26-14-7-18-9-22(14)15/h4-10,16,24H,2-3H2,1H3. The summed E-state index contributed by atoms with van der Waals surface area (Å²) in [5.74, 6) is 1.06. The number of methoxy groups -OCH3 is 1. The van der Waals surface area contributed by atoms with Crippen molar-refractivity contribution < 1.29 is 9.84 Å². The van der Waals surface area contributed by atoms with Crippen LogP contribution >= 0.6 is 11.3 Å². The van der Waals surface area contributed by atoms with E-state index in [9.17, 15) is 5.11 Å². The van der Waals surface area contributed by atoms with E-state index < -0.39 is 6.10 Å². The number of aliphatic hydroxyl groups excluding tert-OH is 1. The molecule has 1 aliphatic carbocycles. The first-order valence-electron chi connectivity index (χ1n) is 8.30. The number of thiazole rings is 1. The second-order valence-corrected chi connectivity index (χ2v) is 7.34. The molecular weight excluding hydrogens is 352 g/mol. The average Bonchev–Trinajstić information content (AvgIpc) is 3.09. The lowest BCUT2D eigenvalue weighted by Crippen LogP contribution is -2.06. The third kappa shape index (κ3) is 2.47. The summed E-state index contributed by atoms with van der Waals surface area (Å²) in [5.41, 5.74) is 2.10. The molecule has 1 fully saturated rings. The highest BCUT2D eigenvalue weighted by Crippen LogP contribution is 2.47. The number of imidazole rings is 1. The summed E-state index contributed by atoms with van der Waals surface area (Å²) in [5, 5.41) is 19.3. The van der Waals surface area contributed by atoms with Crippen molar-refractivity contribution in [2.45, 2.75) is 24.9 Å². The smallest absolute Gasteiger partial charge is 0.213 e. The number of hydrogen-bond donors (Lipinski definition) is 1. The SMILES string of the molecule is COc1ccc(-n2cc(C(O)c3c(C4CC4)sc4cncn34)nn2)cn1. The van der Waals surface area contributed by atoms with Gasteiger partial charge in [-0.05, 0) is 24.8 Å². The Labute approximate surface area is 152 Å². The number of aromatic nitrogens is 6. The van der Waals surface area contributed by atoms with E-state index >= 15 is 0 Å². The average molecular weight is 368 g/mol. The van der Waals surface area contributed by atoms with Gasteiger partial charge in [-0.3, -0.25) is 4.40 Å². The van der Waals surface area contributed by atoms with Crippen molar-refractivity contribution in [3.63, 3.8) is 0 Å². The van der Waals surface area contributed by atoms with Crippen LogP contribution in [0.1, 0.15) is 41.1 Å². The Morgan fingerprint density at radius 1 is 1.31 bits per heavy atom. The summed E-state index contributed by atoms with van der Waals surface area (Å²) in [6.45, 7) is 0. The van der Waals surface area contributed by atoms with Crippen molar-refractivity contribution in [1.82, 2.24) is 29.4 Å². The molecule has 4 aromatic heterocycles. The Hall–Kier alpha value is -2.78. The Kier molecular flexibility index (Phi) is 3.50. The highest BCUT2D eigenvalue weighted by atomic mass is 32.1. The lowest BCUT2D eigenvalue weighted by Gasteiger charge is -2.09. The molecule has 5 rings (SSSR count). The first-order valence-corrected chi connectivity index (χ1v) is 9.11. The fraction of sp³-hybridized carbons (Fsp3) is 0.294. The number of rotatable bonds is 5. The van der Waals surface area contributed by atoms with Crippen LogP contribution in [0.25, 0.3) is 10.5 Å². The van der Waals surface area contributed by atoms with Gasteiger partial charge in [0.2, 0.25) is 5.88 Å². The van der Waals surface area contributed by atoms with Crippen LogP contribution in [0.5, 0.6) is 5.88 Å². The van der Waals surface area contributed by atoms with Crippen LogP contribution in [0.3, 0.4) is 0 Å². The van der Waals surface area contributed by atoms with E-state index in [-0.39, 0.29) is 0 Å². The molecule has 4 heterocycles. The molecule has 1 aliphatic rings. The molecule has 0 bridgehead atoms. The van der Waals surface area contributed by atoms with Crippen molar-refractivity contribution in [1.29, 1.82) is 0 Å². The second-order valence-electron chi connectivity index (χ2n) is 6.28. The number of ether oxygens (including phenoxy) is 1. The van der Waals surface area contributed by atoms with Gasteiger partial charge in [-0.2, -0.15) is 0 Å². The second kappa shape index (κ2) is 5.89. The molecule has 132 valence electrons. The van der Waals surface area contributed by atoms with E-state index in [4.69, 9.17) is 4.74 Å². The van der Waals surface area contributed by atoms with Crippen molar-refractivity contribution in [3.8, 4) is 11.6 Å². The minimum atomic E-state index is -0.853. The minimum Gasteiger partial charge on any atom is -0.481 e. The van der Waals surface area contributed by atoms with Crippen LogP contribution in [0.2, 0.25) is 0 Å². The van der Waals surface area contributed by atoms with Gasteiger partial charge in [0.25, 0.3) is 0 Å². The molecule has 1 atom stereocenters. The predicted molar refractivity (Wildman–Crippen MR) is 94.8 cm³/mol. The lowest BCUT2D eigenvalue weighted by molar-refractivity contribution is 0.208. The summed E-state index contributed by atoms with van der Waals surface area (Å²) >= 11 is 1.69. The minimum absolute atomic E-state index is 0.496. The quantitative estimate of drug-likeness (QED) is 0.581. The Morgan fingerprint density at radius 3 is 2.92 bits per heavy atom. The normalized spacial score (nSPS) is 15.5. The highest BCUT2D eigenvalue weighted by Gasteiger charge is 2.33. The molecule has 1 unspecified atom stereocenters. The van der Waals surface area contributed by atoms with Crippen LogP contribution in [0.4, 0.5) is 0 Å². The van der Waals surface area contributed by atoms with Crippen molar-refractivity contribution in [3.05, 3.63) is 53.3 Å². The topological polar surface area (TPSA) is 90.4 Å². The van der Waals surface area contributed by atoms with E-state index in [2.05, 4.69) is 20.3 Å². The predicted octanol–water partition coefficient (Wildman–Crippen LogP) is 2.34.